The normalized spacial score (nSPS) is 13.6. The number of ether oxygens (including phenoxy) is 1. The average Bonchev–Trinajstić information content (AvgIpc) is 2.96. The minimum atomic E-state index is -3.74. The Kier molecular flexibility index (Phi) is 7.79. The van der Waals surface area contributed by atoms with Crippen molar-refractivity contribution in [3.05, 3.63) is 130 Å². The number of amides is 1. The van der Waals surface area contributed by atoms with Crippen LogP contribution in [-0.2, 0) is 27.8 Å². The predicted octanol–water partition coefficient (Wildman–Crippen LogP) is 5.37. The van der Waals surface area contributed by atoms with E-state index >= 15 is 0 Å². The smallest absolute Gasteiger partial charge is 0.258 e. The van der Waals surface area contributed by atoms with E-state index in [1.165, 1.54) is 28.1 Å². The summed E-state index contributed by atoms with van der Waals surface area (Å²) in [5.74, 6) is -0.0943. The summed E-state index contributed by atoms with van der Waals surface area (Å²) in [4.78, 5) is 12.9. The summed E-state index contributed by atoms with van der Waals surface area (Å²) >= 11 is 6.40. The second-order valence-electron chi connectivity index (χ2n) is 9.06. The van der Waals surface area contributed by atoms with Crippen LogP contribution in [0.4, 0.5) is 0 Å². The predicted molar refractivity (Wildman–Crippen MR) is 148 cm³/mol. The van der Waals surface area contributed by atoms with Gasteiger partial charge < -0.3 is 10.1 Å². The molecule has 8 heteroatoms. The summed E-state index contributed by atoms with van der Waals surface area (Å²) in [6.45, 7) is 0.447. The molecule has 0 bridgehead atoms. The molecule has 0 spiro atoms. The molecule has 0 fully saturated rings. The first-order valence-electron chi connectivity index (χ1n) is 12.3. The van der Waals surface area contributed by atoms with E-state index in [0.717, 1.165) is 16.7 Å². The van der Waals surface area contributed by atoms with Crippen molar-refractivity contribution in [3.8, 4) is 5.75 Å². The van der Waals surface area contributed by atoms with Gasteiger partial charge in [0.25, 0.3) is 5.91 Å². The maximum atomic E-state index is 13.3. The number of hydrogen-bond acceptors (Lipinski definition) is 4. The maximum absolute atomic E-state index is 13.3. The molecule has 0 saturated carbocycles. The first kappa shape index (κ1) is 26.0. The lowest BCUT2D eigenvalue weighted by Gasteiger charge is -2.28. The third kappa shape index (κ3) is 5.75. The van der Waals surface area contributed by atoms with Crippen molar-refractivity contribution in [3.63, 3.8) is 0 Å². The van der Waals surface area contributed by atoms with Gasteiger partial charge in [-0.25, -0.2) is 8.42 Å². The van der Waals surface area contributed by atoms with Gasteiger partial charge in [0.2, 0.25) is 10.0 Å². The molecule has 1 aliphatic heterocycles. The van der Waals surface area contributed by atoms with Gasteiger partial charge in [-0.3, -0.25) is 4.79 Å². The Balaban J connectivity index is 1.25. The van der Waals surface area contributed by atoms with Crippen LogP contribution >= 0.6 is 11.6 Å². The summed E-state index contributed by atoms with van der Waals surface area (Å²) in [5, 5.41) is 3.14. The van der Waals surface area contributed by atoms with Crippen LogP contribution in [0.1, 0.15) is 28.3 Å². The van der Waals surface area contributed by atoms with E-state index in [1.54, 1.807) is 0 Å². The average molecular weight is 547 g/mol. The number of fused-ring (bicyclic) bond motifs is 1. The molecule has 194 valence electrons. The lowest BCUT2D eigenvalue weighted by atomic mass is 9.99. The van der Waals surface area contributed by atoms with Gasteiger partial charge in [-0.15, -0.1) is 0 Å². The number of carbonyl (C=O) groups is 1. The summed E-state index contributed by atoms with van der Waals surface area (Å²) in [6, 6.07) is 31.2. The zero-order valence-corrected chi connectivity index (χ0v) is 22.2. The molecule has 1 amide bonds. The number of sulfonamides is 1. The number of carbonyl (C=O) groups excluding carboxylic acids is 1. The monoisotopic (exact) mass is 546 g/mol. The van der Waals surface area contributed by atoms with E-state index in [9.17, 15) is 13.2 Å². The number of benzene rings is 4. The summed E-state index contributed by atoms with van der Waals surface area (Å²) in [6.07, 6.45) is 0.659. The Labute approximate surface area is 227 Å². The summed E-state index contributed by atoms with van der Waals surface area (Å²) in [7, 11) is -3.74. The minimum absolute atomic E-state index is 0.0897. The fourth-order valence-corrected chi connectivity index (χ4v) is 6.32. The third-order valence-electron chi connectivity index (χ3n) is 6.57. The van der Waals surface area contributed by atoms with Gasteiger partial charge in [0, 0.05) is 13.1 Å². The van der Waals surface area contributed by atoms with Crippen LogP contribution in [0.5, 0.6) is 5.75 Å². The molecule has 0 atom stereocenters. The third-order valence-corrected chi connectivity index (χ3v) is 8.70. The lowest BCUT2D eigenvalue weighted by molar-refractivity contribution is -0.123. The number of nitrogens with one attached hydrogen (secondary N) is 1. The fraction of sp³-hybridized carbons (Fsp3) is 0.167. The Morgan fingerprint density at radius 2 is 1.47 bits per heavy atom. The van der Waals surface area contributed by atoms with E-state index in [0.29, 0.717) is 19.5 Å². The highest BCUT2D eigenvalue weighted by atomic mass is 35.5. The Hall–Kier alpha value is -3.65. The Morgan fingerprint density at radius 3 is 2.11 bits per heavy atom. The summed E-state index contributed by atoms with van der Waals surface area (Å²) in [5.41, 5.74) is 4.06. The van der Waals surface area contributed by atoms with E-state index in [2.05, 4.69) is 5.32 Å². The Morgan fingerprint density at radius 1 is 0.868 bits per heavy atom. The van der Waals surface area contributed by atoms with Crippen LogP contribution < -0.4 is 10.1 Å². The fourth-order valence-electron chi connectivity index (χ4n) is 4.58. The van der Waals surface area contributed by atoms with Crippen LogP contribution in [0.3, 0.4) is 0 Å². The van der Waals surface area contributed by atoms with Crippen molar-refractivity contribution in [1.82, 2.24) is 9.62 Å². The van der Waals surface area contributed by atoms with E-state index < -0.39 is 10.0 Å². The van der Waals surface area contributed by atoms with Gasteiger partial charge in [-0.1, -0.05) is 96.5 Å². The van der Waals surface area contributed by atoms with Gasteiger partial charge in [0.15, 0.2) is 6.61 Å². The molecule has 0 radical (unpaired) electrons. The van der Waals surface area contributed by atoms with Crippen LogP contribution in [-0.4, -0.2) is 31.8 Å². The number of rotatable bonds is 8. The van der Waals surface area contributed by atoms with Crippen LogP contribution in [0.2, 0.25) is 5.02 Å². The van der Waals surface area contributed by atoms with Crippen molar-refractivity contribution >= 4 is 27.5 Å². The molecule has 1 aliphatic rings. The maximum Gasteiger partial charge on any atom is 0.258 e. The van der Waals surface area contributed by atoms with Crippen LogP contribution in [0.15, 0.2) is 108 Å². The molecule has 4 aromatic rings. The molecule has 0 aromatic heterocycles. The SMILES string of the molecule is O=C(COc1ccc(S(=O)(=O)N2CCc3ccccc3C2)cc1Cl)NC(c1ccccc1)c1ccccc1. The molecule has 1 N–H and O–H groups in total. The number of hydrogen-bond donors (Lipinski definition) is 1. The molecule has 0 aliphatic carbocycles. The van der Waals surface area contributed by atoms with Gasteiger partial charge in [0.1, 0.15) is 5.75 Å². The topological polar surface area (TPSA) is 75.7 Å². The van der Waals surface area contributed by atoms with Gasteiger partial charge in [-0.2, -0.15) is 4.31 Å². The van der Waals surface area contributed by atoms with Gasteiger partial charge >= 0.3 is 0 Å². The molecule has 0 saturated heterocycles. The van der Waals surface area contributed by atoms with Gasteiger partial charge in [-0.05, 0) is 46.9 Å². The molecular formula is C30H27ClN2O4S. The number of nitrogens with zero attached hydrogens (tertiary/aromatic N) is 1. The zero-order chi connectivity index (χ0) is 26.5. The molecule has 1 heterocycles. The van der Waals surface area contributed by atoms with Gasteiger partial charge in [0.05, 0.1) is 16.0 Å². The van der Waals surface area contributed by atoms with Crippen LogP contribution in [0.25, 0.3) is 0 Å². The van der Waals surface area contributed by atoms with Crippen molar-refractivity contribution < 1.29 is 17.9 Å². The Bertz CT molecular complexity index is 1490. The zero-order valence-electron chi connectivity index (χ0n) is 20.6. The molecule has 6 nitrogen and oxygen atoms in total. The van der Waals surface area contributed by atoms with Crippen molar-refractivity contribution in [2.75, 3.05) is 13.2 Å². The molecule has 38 heavy (non-hydrogen) atoms. The van der Waals surface area contributed by atoms with Crippen LogP contribution in [0, 0.1) is 0 Å². The second kappa shape index (κ2) is 11.4. The summed E-state index contributed by atoms with van der Waals surface area (Å²) < 4.78 is 33.7. The highest BCUT2D eigenvalue weighted by Crippen LogP contribution is 2.31. The lowest BCUT2D eigenvalue weighted by Crippen LogP contribution is -2.36. The molecule has 4 aromatic carbocycles. The largest absolute Gasteiger partial charge is 0.482 e. The highest BCUT2D eigenvalue weighted by Gasteiger charge is 2.29. The first-order chi connectivity index (χ1) is 18.4. The minimum Gasteiger partial charge on any atom is -0.482 e. The first-order valence-corrected chi connectivity index (χ1v) is 14.1. The molecule has 5 rings (SSSR count). The highest BCUT2D eigenvalue weighted by molar-refractivity contribution is 7.89. The number of halogens is 1. The second-order valence-corrected chi connectivity index (χ2v) is 11.4. The standard InChI is InChI=1S/C30H27ClN2O4S/c31-27-19-26(38(35,36)33-18-17-22-9-7-8-14-25(22)20-33)15-16-28(27)37-21-29(34)32-30(23-10-3-1-4-11-23)24-12-5-2-6-13-24/h1-16,19,30H,17-18,20-21H2,(H,32,34). The molecular weight excluding hydrogens is 520 g/mol. The quantitative estimate of drug-likeness (QED) is 0.322. The van der Waals surface area contributed by atoms with Crippen molar-refractivity contribution in [2.45, 2.75) is 23.9 Å². The van der Waals surface area contributed by atoms with E-state index in [-0.39, 0.29) is 34.2 Å². The van der Waals surface area contributed by atoms with Crippen molar-refractivity contribution in [1.29, 1.82) is 0 Å². The van der Waals surface area contributed by atoms with E-state index in [1.807, 2.05) is 84.9 Å². The van der Waals surface area contributed by atoms with Crippen molar-refractivity contribution in [2.24, 2.45) is 0 Å². The molecule has 0 unspecified atom stereocenters. The van der Waals surface area contributed by atoms with E-state index in [4.69, 9.17) is 16.3 Å².